The summed E-state index contributed by atoms with van der Waals surface area (Å²) >= 11 is 0. The summed E-state index contributed by atoms with van der Waals surface area (Å²) in [5.74, 6) is -2.04. The average Bonchev–Trinajstić information content (AvgIpc) is 2.38. The van der Waals surface area contributed by atoms with E-state index in [1.54, 1.807) is 0 Å². The zero-order valence-electron chi connectivity index (χ0n) is 10.2. The van der Waals surface area contributed by atoms with Gasteiger partial charge in [-0.25, -0.2) is 4.39 Å². The third-order valence-corrected chi connectivity index (χ3v) is 2.78. The van der Waals surface area contributed by atoms with Gasteiger partial charge >= 0.3 is 11.9 Å². The Hall–Kier alpha value is -2.64. The van der Waals surface area contributed by atoms with Crippen LogP contribution >= 0.6 is 0 Å². The van der Waals surface area contributed by atoms with Gasteiger partial charge in [0, 0.05) is 6.07 Å². The lowest BCUT2D eigenvalue weighted by atomic mass is 10.0. The summed E-state index contributed by atoms with van der Waals surface area (Å²) in [6.07, 6.45) is -4.87. The van der Waals surface area contributed by atoms with Gasteiger partial charge in [0.2, 0.25) is 0 Å². The highest BCUT2D eigenvalue weighted by atomic mass is 19.4. The highest BCUT2D eigenvalue weighted by molar-refractivity contribution is 5.69. The largest absolute Gasteiger partial charge is 0.502 e. The lowest BCUT2D eigenvalue weighted by Crippen LogP contribution is -2.08. The van der Waals surface area contributed by atoms with Gasteiger partial charge < -0.3 is 5.11 Å². The van der Waals surface area contributed by atoms with Crippen molar-refractivity contribution >= 4 is 5.69 Å². The van der Waals surface area contributed by atoms with E-state index in [9.17, 15) is 32.8 Å². The molecule has 0 heterocycles. The number of benzene rings is 2. The molecule has 0 spiro atoms. The summed E-state index contributed by atoms with van der Waals surface area (Å²) < 4.78 is 51.1. The van der Waals surface area contributed by atoms with E-state index in [0.29, 0.717) is 12.1 Å². The molecule has 21 heavy (non-hydrogen) atoms. The molecule has 110 valence electrons. The number of halogens is 4. The molecule has 0 aliphatic carbocycles. The second kappa shape index (κ2) is 5.04. The van der Waals surface area contributed by atoms with Gasteiger partial charge in [0.25, 0.3) is 0 Å². The zero-order valence-corrected chi connectivity index (χ0v) is 10.2. The van der Waals surface area contributed by atoms with Crippen molar-refractivity contribution in [3.8, 4) is 16.9 Å². The molecule has 4 nitrogen and oxygen atoms in total. The quantitative estimate of drug-likeness (QED) is 0.515. The van der Waals surface area contributed by atoms with Crippen molar-refractivity contribution in [2.75, 3.05) is 0 Å². The van der Waals surface area contributed by atoms with Crippen molar-refractivity contribution in [3.63, 3.8) is 0 Å². The normalized spacial score (nSPS) is 11.4. The predicted octanol–water partition coefficient (Wildman–Crippen LogP) is 4.13. The van der Waals surface area contributed by atoms with Crippen LogP contribution in [-0.2, 0) is 6.18 Å². The standard InChI is InChI=1S/C13H7F4NO3/c14-10-3-1-7(5-9(10)13(15,16)17)8-2-4-12(19)11(6-8)18(20)21/h1-6,19H. The number of rotatable bonds is 2. The van der Waals surface area contributed by atoms with E-state index in [-0.39, 0.29) is 11.1 Å². The predicted molar refractivity (Wildman–Crippen MR) is 65.2 cm³/mol. The number of phenolic OH excluding ortho intramolecular Hbond substituents is 1. The van der Waals surface area contributed by atoms with Crippen LogP contribution in [0.2, 0.25) is 0 Å². The molecule has 0 amide bonds. The Morgan fingerprint density at radius 2 is 1.62 bits per heavy atom. The van der Waals surface area contributed by atoms with Crippen molar-refractivity contribution in [1.82, 2.24) is 0 Å². The van der Waals surface area contributed by atoms with E-state index < -0.39 is 33.9 Å². The number of nitrogens with zero attached hydrogens (tertiary/aromatic N) is 1. The Bertz CT molecular complexity index is 713. The van der Waals surface area contributed by atoms with Crippen LogP contribution in [0.4, 0.5) is 23.2 Å². The number of hydrogen-bond donors (Lipinski definition) is 1. The van der Waals surface area contributed by atoms with Crippen LogP contribution in [0, 0.1) is 15.9 Å². The number of alkyl halides is 3. The molecular weight excluding hydrogens is 294 g/mol. The summed E-state index contributed by atoms with van der Waals surface area (Å²) in [4.78, 5) is 9.82. The first-order chi connectivity index (χ1) is 9.70. The monoisotopic (exact) mass is 301 g/mol. The van der Waals surface area contributed by atoms with Crippen molar-refractivity contribution in [1.29, 1.82) is 0 Å². The molecule has 8 heteroatoms. The van der Waals surface area contributed by atoms with Gasteiger partial charge in [-0.05, 0) is 29.3 Å². The highest BCUT2D eigenvalue weighted by Crippen LogP contribution is 2.36. The molecule has 0 aromatic heterocycles. The maximum Gasteiger partial charge on any atom is 0.419 e. The smallest absolute Gasteiger partial charge is 0.419 e. The fourth-order valence-electron chi connectivity index (χ4n) is 1.77. The number of hydrogen-bond acceptors (Lipinski definition) is 3. The van der Waals surface area contributed by atoms with Crippen molar-refractivity contribution < 1.29 is 27.6 Å². The third-order valence-electron chi connectivity index (χ3n) is 2.78. The van der Waals surface area contributed by atoms with Crippen molar-refractivity contribution in [2.45, 2.75) is 6.18 Å². The van der Waals surface area contributed by atoms with E-state index in [4.69, 9.17) is 0 Å². The first kappa shape index (κ1) is 14.8. The molecular formula is C13H7F4NO3. The van der Waals surface area contributed by atoms with Crippen molar-refractivity contribution in [2.24, 2.45) is 0 Å². The lowest BCUT2D eigenvalue weighted by molar-refractivity contribution is -0.385. The van der Waals surface area contributed by atoms with Crippen LogP contribution in [0.15, 0.2) is 36.4 Å². The maximum absolute atomic E-state index is 13.2. The summed E-state index contributed by atoms with van der Waals surface area (Å²) in [7, 11) is 0. The molecule has 0 atom stereocenters. The fraction of sp³-hybridized carbons (Fsp3) is 0.0769. The van der Waals surface area contributed by atoms with E-state index >= 15 is 0 Å². The molecule has 2 aromatic rings. The van der Waals surface area contributed by atoms with Crippen LogP contribution in [0.1, 0.15) is 5.56 Å². The van der Waals surface area contributed by atoms with Crippen LogP contribution in [-0.4, -0.2) is 10.0 Å². The first-order valence-corrected chi connectivity index (χ1v) is 5.54. The topological polar surface area (TPSA) is 63.4 Å². The molecule has 2 aromatic carbocycles. The summed E-state index contributed by atoms with van der Waals surface area (Å²) in [5, 5.41) is 20.0. The lowest BCUT2D eigenvalue weighted by Gasteiger charge is -2.10. The van der Waals surface area contributed by atoms with Gasteiger partial charge in [0.05, 0.1) is 10.5 Å². The minimum absolute atomic E-state index is 0.0492. The molecule has 0 saturated carbocycles. The van der Waals surface area contributed by atoms with Crippen LogP contribution < -0.4 is 0 Å². The van der Waals surface area contributed by atoms with Gasteiger partial charge in [0.15, 0.2) is 5.75 Å². The molecule has 0 radical (unpaired) electrons. The Kier molecular flexibility index (Phi) is 3.54. The number of phenols is 1. The molecule has 0 bridgehead atoms. The van der Waals surface area contributed by atoms with Gasteiger partial charge in [-0.2, -0.15) is 13.2 Å². The van der Waals surface area contributed by atoms with Gasteiger partial charge in [-0.1, -0.05) is 12.1 Å². The van der Waals surface area contributed by atoms with E-state index in [1.807, 2.05) is 0 Å². The number of nitro groups is 1. The second-order valence-electron chi connectivity index (χ2n) is 4.15. The Labute approximate surface area is 115 Å². The fourth-order valence-corrected chi connectivity index (χ4v) is 1.77. The molecule has 0 saturated heterocycles. The summed E-state index contributed by atoms with van der Waals surface area (Å²) in [6, 6.07) is 5.38. The minimum atomic E-state index is -4.87. The molecule has 0 fully saturated rings. The van der Waals surface area contributed by atoms with Crippen molar-refractivity contribution in [3.05, 3.63) is 57.9 Å². The first-order valence-electron chi connectivity index (χ1n) is 5.54. The second-order valence-corrected chi connectivity index (χ2v) is 4.15. The molecule has 1 N–H and O–H groups in total. The molecule has 0 aliphatic heterocycles. The summed E-state index contributed by atoms with van der Waals surface area (Å²) in [6.45, 7) is 0. The third kappa shape index (κ3) is 2.93. The highest BCUT2D eigenvalue weighted by Gasteiger charge is 2.34. The van der Waals surface area contributed by atoms with Gasteiger partial charge in [-0.3, -0.25) is 10.1 Å². The minimum Gasteiger partial charge on any atom is -0.502 e. The Morgan fingerprint density at radius 3 is 2.19 bits per heavy atom. The van der Waals surface area contributed by atoms with E-state index in [2.05, 4.69) is 0 Å². The maximum atomic E-state index is 13.2. The van der Waals surface area contributed by atoms with Crippen LogP contribution in [0.3, 0.4) is 0 Å². The average molecular weight is 301 g/mol. The Morgan fingerprint density at radius 1 is 1.05 bits per heavy atom. The summed E-state index contributed by atoms with van der Waals surface area (Å²) in [5.41, 5.74) is -2.10. The zero-order chi connectivity index (χ0) is 15.8. The Balaban J connectivity index is 2.58. The number of nitro benzene ring substituents is 1. The van der Waals surface area contributed by atoms with Gasteiger partial charge in [0.1, 0.15) is 5.82 Å². The van der Waals surface area contributed by atoms with Crippen LogP contribution in [0.5, 0.6) is 5.75 Å². The van der Waals surface area contributed by atoms with Crippen LogP contribution in [0.25, 0.3) is 11.1 Å². The van der Waals surface area contributed by atoms with E-state index in [0.717, 1.165) is 18.2 Å². The molecule has 2 rings (SSSR count). The number of aromatic hydroxyl groups is 1. The molecule has 0 unspecified atom stereocenters. The molecule has 0 aliphatic rings. The van der Waals surface area contributed by atoms with Gasteiger partial charge in [-0.15, -0.1) is 0 Å². The van der Waals surface area contributed by atoms with E-state index in [1.165, 1.54) is 6.07 Å². The SMILES string of the molecule is O=[N+]([O-])c1cc(-c2ccc(F)c(C(F)(F)F)c2)ccc1O.